The van der Waals surface area contributed by atoms with Crippen LogP contribution in [0.3, 0.4) is 0 Å². The van der Waals surface area contributed by atoms with Crippen molar-refractivity contribution in [2.75, 3.05) is 13.7 Å². The summed E-state index contributed by atoms with van der Waals surface area (Å²) >= 11 is 0. The summed E-state index contributed by atoms with van der Waals surface area (Å²) in [5.74, 6) is 0.672. The first-order valence-electron chi connectivity index (χ1n) is 4.63. The van der Waals surface area contributed by atoms with Crippen LogP contribution in [0.1, 0.15) is 17.2 Å². The van der Waals surface area contributed by atoms with Gasteiger partial charge in [-0.2, -0.15) is 5.26 Å². The van der Waals surface area contributed by atoms with Gasteiger partial charge in [-0.05, 0) is 17.7 Å². The van der Waals surface area contributed by atoms with Crippen molar-refractivity contribution in [2.45, 2.75) is 12.5 Å². The first kappa shape index (κ1) is 11.5. The molecular weight excluding hydrogens is 192 g/mol. The minimum absolute atomic E-state index is 0.113. The number of hydrogen-bond acceptors (Lipinski definition) is 4. The van der Waals surface area contributed by atoms with E-state index in [0.717, 1.165) is 11.1 Å². The summed E-state index contributed by atoms with van der Waals surface area (Å²) in [4.78, 5) is 0. The summed E-state index contributed by atoms with van der Waals surface area (Å²) in [6.07, 6.45) is 0.273. The molecule has 1 atom stereocenters. The third kappa shape index (κ3) is 2.69. The van der Waals surface area contributed by atoms with Crippen LogP contribution < -0.4 is 10.5 Å². The fraction of sp³-hybridized carbons (Fsp3) is 0.364. The van der Waals surface area contributed by atoms with Gasteiger partial charge in [0, 0.05) is 5.56 Å². The molecule has 0 radical (unpaired) electrons. The van der Waals surface area contributed by atoms with E-state index < -0.39 is 6.04 Å². The summed E-state index contributed by atoms with van der Waals surface area (Å²) in [5, 5.41) is 17.6. The number of nitriles is 1. The lowest BCUT2D eigenvalue weighted by atomic mass is 10.0. The SMILES string of the molecule is COc1ccc([C@H](N)CO)cc1CC#N. The molecule has 0 saturated heterocycles. The number of rotatable bonds is 4. The molecule has 4 heteroatoms. The van der Waals surface area contributed by atoms with Gasteiger partial charge < -0.3 is 15.6 Å². The molecule has 0 spiro atoms. The quantitative estimate of drug-likeness (QED) is 0.762. The minimum atomic E-state index is -0.409. The molecule has 4 nitrogen and oxygen atoms in total. The Morgan fingerprint density at radius 2 is 2.33 bits per heavy atom. The van der Waals surface area contributed by atoms with Gasteiger partial charge in [-0.15, -0.1) is 0 Å². The summed E-state index contributed by atoms with van der Waals surface area (Å²) in [6, 6.07) is 7.00. The molecule has 0 saturated carbocycles. The van der Waals surface area contributed by atoms with Crippen molar-refractivity contribution in [1.29, 1.82) is 5.26 Å². The van der Waals surface area contributed by atoms with Gasteiger partial charge in [-0.1, -0.05) is 6.07 Å². The Kier molecular flexibility index (Phi) is 4.10. The maximum atomic E-state index is 8.91. The van der Waals surface area contributed by atoms with E-state index in [1.165, 1.54) is 0 Å². The first-order chi connectivity index (χ1) is 7.22. The Bertz CT molecular complexity index is 371. The standard InChI is InChI=1S/C11H14N2O2/c1-15-11-3-2-8(10(13)7-14)6-9(11)4-5-12/h2-3,6,10,14H,4,7,13H2,1H3/t10-/m1/s1. The molecule has 3 N–H and O–H groups in total. The Morgan fingerprint density at radius 1 is 1.60 bits per heavy atom. The maximum absolute atomic E-state index is 8.91. The smallest absolute Gasteiger partial charge is 0.123 e. The summed E-state index contributed by atoms with van der Waals surface area (Å²) in [5.41, 5.74) is 7.28. The van der Waals surface area contributed by atoms with E-state index in [-0.39, 0.29) is 13.0 Å². The molecule has 15 heavy (non-hydrogen) atoms. The Labute approximate surface area is 88.9 Å². The van der Waals surface area contributed by atoms with Crippen LogP contribution in [0.15, 0.2) is 18.2 Å². The second-order valence-corrected chi connectivity index (χ2v) is 3.20. The van der Waals surface area contributed by atoms with E-state index in [9.17, 15) is 0 Å². The van der Waals surface area contributed by atoms with Crippen molar-refractivity contribution < 1.29 is 9.84 Å². The predicted octanol–water partition coefficient (Wildman–Crippen LogP) is 0.753. The monoisotopic (exact) mass is 206 g/mol. The van der Waals surface area contributed by atoms with E-state index >= 15 is 0 Å². The Morgan fingerprint density at radius 3 is 2.87 bits per heavy atom. The molecule has 80 valence electrons. The molecule has 1 aromatic carbocycles. The Hall–Kier alpha value is -1.57. The van der Waals surface area contributed by atoms with Gasteiger partial charge in [0.2, 0.25) is 0 Å². The third-order valence-electron chi connectivity index (χ3n) is 2.20. The number of benzene rings is 1. The van der Waals surface area contributed by atoms with Crippen LogP contribution in [0, 0.1) is 11.3 Å². The van der Waals surface area contributed by atoms with Gasteiger partial charge in [0.15, 0.2) is 0 Å². The molecule has 0 aromatic heterocycles. The molecule has 0 heterocycles. The summed E-state index contributed by atoms with van der Waals surface area (Å²) in [6.45, 7) is -0.113. The van der Waals surface area contributed by atoms with Crippen molar-refractivity contribution >= 4 is 0 Å². The maximum Gasteiger partial charge on any atom is 0.123 e. The highest BCUT2D eigenvalue weighted by atomic mass is 16.5. The van der Waals surface area contributed by atoms with Gasteiger partial charge in [-0.25, -0.2) is 0 Å². The van der Waals surface area contributed by atoms with Crippen molar-refractivity contribution in [3.63, 3.8) is 0 Å². The van der Waals surface area contributed by atoms with E-state index in [1.807, 2.05) is 0 Å². The highest BCUT2D eigenvalue weighted by Crippen LogP contribution is 2.22. The highest BCUT2D eigenvalue weighted by molar-refractivity contribution is 5.39. The number of methoxy groups -OCH3 is 1. The lowest BCUT2D eigenvalue weighted by Crippen LogP contribution is -2.14. The largest absolute Gasteiger partial charge is 0.496 e. The minimum Gasteiger partial charge on any atom is -0.496 e. The van der Waals surface area contributed by atoms with Crippen LogP contribution in [0.25, 0.3) is 0 Å². The number of hydrogen-bond donors (Lipinski definition) is 2. The van der Waals surface area contributed by atoms with Gasteiger partial charge in [0.05, 0.1) is 32.2 Å². The third-order valence-corrected chi connectivity index (χ3v) is 2.20. The second kappa shape index (κ2) is 5.35. The van der Waals surface area contributed by atoms with Gasteiger partial charge in [0.25, 0.3) is 0 Å². The molecule has 0 unspecified atom stereocenters. The molecule has 1 aromatic rings. The zero-order valence-corrected chi connectivity index (χ0v) is 8.60. The van der Waals surface area contributed by atoms with Crippen molar-refractivity contribution in [3.05, 3.63) is 29.3 Å². The molecule has 0 bridgehead atoms. The lowest BCUT2D eigenvalue weighted by Gasteiger charge is -2.12. The zero-order chi connectivity index (χ0) is 11.3. The number of aliphatic hydroxyl groups excluding tert-OH is 1. The molecule has 0 amide bonds. The van der Waals surface area contributed by atoms with Crippen molar-refractivity contribution in [1.82, 2.24) is 0 Å². The zero-order valence-electron chi connectivity index (χ0n) is 8.60. The second-order valence-electron chi connectivity index (χ2n) is 3.20. The van der Waals surface area contributed by atoms with Crippen LogP contribution >= 0.6 is 0 Å². The van der Waals surface area contributed by atoms with E-state index in [1.54, 1.807) is 25.3 Å². The average Bonchev–Trinajstić information content (AvgIpc) is 2.28. The molecular formula is C11H14N2O2. The van der Waals surface area contributed by atoms with Crippen molar-refractivity contribution in [2.24, 2.45) is 5.73 Å². The molecule has 0 fully saturated rings. The number of ether oxygens (including phenoxy) is 1. The first-order valence-corrected chi connectivity index (χ1v) is 4.63. The molecule has 0 aliphatic heterocycles. The van der Waals surface area contributed by atoms with Crippen LogP contribution in [0.5, 0.6) is 5.75 Å². The van der Waals surface area contributed by atoms with Crippen LogP contribution in [-0.4, -0.2) is 18.8 Å². The predicted molar refractivity (Wildman–Crippen MR) is 56.3 cm³/mol. The highest BCUT2D eigenvalue weighted by Gasteiger charge is 2.08. The number of nitrogens with zero attached hydrogens (tertiary/aromatic N) is 1. The normalized spacial score (nSPS) is 11.9. The molecule has 0 aliphatic carbocycles. The molecule has 0 aliphatic rings. The van der Waals surface area contributed by atoms with E-state index in [0.29, 0.717) is 5.75 Å². The van der Waals surface area contributed by atoms with Gasteiger partial charge in [0.1, 0.15) is 5.75 Å². The Balaban J connectivity index is 3.05. The fourth-order valence-corrected chi connectivity index (χ4v) is 1.36. The average molecular weight is 206 g/mol. The topological polar surface area (TPSA) is 79.3 Å². The molecule has 1 rings (SSSR count). The number of aliphatic hydroxyl groups is 1. The van der Waals surface area contributed by atoms with Crippen LogP contribution in [0.4, 0.5) is 0 Å². The van der Waals surface area contributed by atoms with Crippen LogP contribution in [0.2, 0.25) is 0 Å². The van der Waals surface area contributed by atoms with Gasteiger partial charge >= 0.3 is 0 Å². The van der Waals surface area contributed by atoms with E-state index in [2.05, 4.69) is 6.07 Å². The van der Waals surface area contributed by atoms with Crippen LogP contribution in [-0.2, 0) is 6.42 Å². The summed E-state index contributed by atoms with van der Waals surface area (Å²) < 4.78 is 5.11. The fourth-order valence-electron chi connectivity index (χ4n) is 1.36. The lowest BCUT2D eigenvalue weighted by molar-refractivity contribution is 0.268. The summed E-state index contributed by atoms with van der Waals surface area (Å²) in [7, 11) is 1.56. The van der Waals surface area contributed by atoms with Gasteiger partial charge in [-0.3, -0.25) is 0 Å². The van der Waals surface area contributed by atoms with E-state index in [4.69, 9.17) is 20.8 Å². The van der Waals surface area contributed by atoms with Crippen molar-refractivity contribution in [3.8, 4) is 11.8 Å². The number of nitrogens with two attached hydrogens (primary N) is 1.